The quantitative estimate of drug-likeness (QED) is 0.861. The molecule has 96 valence electrons. The lowest BCUT2D eigenvalue weighted by Crippen LogP contribution is -2.02. The summed E-state index contributed by atoms with van der Waals surface area (Å²) in [6, 6.07) is 5.31. The van der Waals surface area contributed by atoms with E-state index in [1.807, 2.05) is 6.07 Å². The molecule has 2 aromatic rings. The maximum atomic E-state index is 6.08. The second-order valence-corrected chi connectivity index (χ2v) is 6.50. The first-order valence-corrected chi connectivity index (χ1v) is 7.08. The number of nitrogen functional groups attached to an aromatic ring is 1. The molecule has 0 atom stereocenters. The summed E-state index contributed by atoms with van der Waals surface area (Å²) in [4.78, 5) is 0.969. The Kier molecular flexibility index (Phi) is 4.10. The maximum absolute atomic E-state index is 6.08. The molecule has 18 heavy (non-hydrogen) atoms. The van der Waals surface area contributed by atoms with E-state index in [0.29, 0.717) is 21.1 Å². The number of rotatable bonds is 3. The lowest BCUT2D eigenvalue weighted by Gasteiger charge is -2.07. The van der Waals surface area contributed by atoms with Crippen molar-refractivity contribution in [3.63, 3.8) is 0 Å². The smallest absolute Gasteiger partial charge is 0.140 e. The molecule has 0 aliphatic rings. The van der Waals surface area contributed by atoms with Crippen LogP contribution < -0.4 is 5.73 Å². The number of halogens is 2. The first kappa shape index (κ1) is 13.6. The Bertz CT molecular complexity index is 566. The van der Waals surface area contributed by atoms with Crippen LogP contribution >= 0.6 is 35.0 Å². The molecule has 0 aliphatic heterocycles. The average molecular weight is 302 g/mol. The molecule has 0 amide bonds. The van der Waals surface area contributed by atoms with E-state index in [-0.39, 0.29) is 0 Å². The van der Waals surface area contributed by atoms with Gasteiger partial charge in [-0.05, 0) is 18.2 Å². The van der Waals surface area contributed by atoms with Crippen molar-refractivity contribution in [3.05, 3.63) is 34.4 Å². The highest BCUT2D eigenvalue weighted by Gasteiger charge is 2.11. The van der Waals surface area contributed by atoms with Crippen LogP contribution in [0.1, 0.15) is 13.8 Å². The van der Waals surface area contributed by atoms with Gasteiger partial charge in [0.25, 0.3) is 0 Å². The highest BCUT2D eigenvalue weighted by atomic mass is 35.5. The third-order valence-corrected chi connectivity index (χ3v) is 4.06. The van der Waals surface area contributed by atoms with Gasteiger partial charge in [-0.25, -0.2) is 4.68 Å². The van der Waals surface area contributed by atoms with Gasteiger partial charge in [0.15, 0.2) is 0 Å². The zero-order chi connectivity index (χ0) is 13.3. The Balaban J connectivity index is 2.39. The highest BCUT2D eigenvalue weighted by molar-refractivity contribution is 8.00. The molecule has 0 radical (unpaired) electrons. The van der Waals surface area contributed by atoms with Crippen LogP contribution in [0.4, 0.5) is 5.82 Å². The summed E-state index contributed by atoms with van der Waals surface area (Å²) >= 11 is 13.6. The third-order valence-electron chi connectivity index (χ3n) is 2.28. The van der Waals surface area contributed by atoms with E-state index in [1.165, 1.54) is 0 Å². The number of thioether (sulfide) groups is 1. The van der Waals surface area contributed by atoms with E-state index in [0.717, 1.165) is 10.6 Å². The first-order valence-electron chi connectivity index (χ1n) is 5.44. The predicted molar refractivity (Wildman–Crippen MR) is 79.0 cm³/mol. The van der Waals surface area contributed by atoms with Crippen LogP contribution in [0.2, 0.25) is 10.0 Å². The van der Waals surface area contributed by atoms with Crippen molar-refractivity contribution in [3.8, 4) is 5.69 Å². The van der Waals surface area contributed by atoms with E-state index >= 15 is 0 Å². The summed E-state index contributed by atoms with van der Waals surface area (Å²) in [5.74, 6) is 0.618. The van der Waals surface area contributed by atoms with E-state index < -0.39 is 0 Å². The number of benzene rings is 1. The number of anilines is 1. The minimum Gasteiger partial charge on any atom is -0.383 e. The monoisotopic (exact) mass is 301 g/mol. The molecule has 0 fully saturated rings. The molecule has 1 heterocycles. The van der Waals surface area contributed by atoms with Gasteiger partial charge in [0.2, 0.25) is 0 Å². The number of nitrogens with two attached hydrogens (primary N) is 1. The molecular weight excluding hydrogens is 289 g/mol. The summed E-state index contributed by atoms with van der Waals surface area (Å²) in [5, 5.41) is 5.74. The second-order valence-electron chi connectivity index (χ2n) is 4.07. The minimum atomic E-state index is 0.457. The van der Waals surface area contributed by atoms with E-state index in [1.54, 1.807) is 34.8 Å². The summed E-state index contributed by atoms with van der Waals surface area (Å²) in [5.41, 5.74) is 6.88. The van der Waals surface area contributed by atoms with Crippen LogP contribution in [0.5, 0.6) is 0 Å². The molecule has 6 heteroatoms. The Labute approximate surface area is 120 Å². The van der Waals surface area contributed by atoms with Gasteiger partial charge < -0.3 is 5.73 Å². The molecule has 0 bridgehead atoms. The molecule has 1 aromatic heterocycles. The molecule has 0 aliphatic carbocycles. The van der Waals surface area contributed by atoms with Crippen molar-refractivity contribution < 1.29 is 0 Å². The summed E-state index contributed by atoms with van der Waals surface area (Å²) in [6.07, 6.45) is 1.77. The molecule has 1 aromatic carbocycles. The second kappa shape index (κ2) is 5.43. The van der Waals surface area contributed by atoms with E-state index in [4.69, 9.17) is 28.9 Å². The van der Waals surface area contributed by atoms with Gasteiger partial charge in [0.05, 0.1) is 26.8 Å². The van der Waals surface area contributed by atoms with Gasteiger partial charge in [0.1, 0.15) is 5.82 Å². The normalized spacial score (nSPS) is 11.2. The number of aromatic nitrogens is 2. The lowest BCUT2D eigenvalue weighted by molar-refractivity contribution is 0.891. The Morgan fingerprint density at radius 2 is 2.00 bits per heavy atom. The fraction of sp³-hybridized carbons (Fsp3) is 0.250. The van der Waals surface area contributed by atoms with Crippen molar-refractivity contribution in [2.75, 3.05) is 5.73 Å². The van der Waals surface area contributed by atoms with E-state index in [9.17, 15) is 0 Å². The Morgan fingerprint density at radius 3 is 2.61 bits per heavy atom. The van der Waals surface area contributed by atoms with Crippen LogP contribution in [-0.2, 0) is 0 Å². The predicted octanol–water partition coefficient (Wildman–Crippen LogP) is 4.26. The SMILES string of the molecule is CC(C)Sc1cnn(-c2ccc(Cl)c(Cl)c2)c1N. The molecule has 0 spiro atoms. The van der Waals surface area contributed by atoms with Gasteiger partial charge in [0, 0.05) is 5.25 Å². The zero-order valence-corrected chi connectivity index (χ0v) is 12.4. The van der Waals surface area contributed by atoms with Gasteiger partial charge in [-0.3, -0.25) is 0 Å². The van der Waals surface area contributed by atoms with Crippen LogP contribution in [0.25, 0.3) is 5.69 Å². The fourth-order valence-electron chi connectivity index (χ4n) is 1.51. The Hall–Kier alpha value is -0.840. The van der Waals surface area contributed by atoms with Gasteiger partial charge >= 0.3 is 0 Å². The standard InChI is InChI=1S/C12H13Cl2N3S/c1-7(2)18-11-6-16-17(12(11)15)8-3-4-9(13)10(14)5-8/h3-7H,15H2,1-2H3. The summed E-state index contributed by atoms with van der Waals surface area (Å²) in [6.45, 7) is 4.22. The van der Waals surface area contributed by atoms with Crippen molar-refractivity contribution in [2.45, 2.75) is 24.0 Å². The van der Waals surface area contributed by atoms with Crippen LogP contribution in [0.3, 0.4) is 0 Å². The molecule has 2 rings (SSSR count). The van der Waals surface area contributed by atoms with Crippen molar-refractivity contribution in [2.24, 2.45) is 0 Å². The number of hydrogen-bond acceptors (Lipinski definition) is 3. The molecule has 0 unspecified atom stereocenters. The summed E-state index contributed by atoms with van der Waals surface area (Å²) < 4.78 is 1.66. The average Bonchev–Trinajstić information content (AvgIpc) is 2.64. The third kappa shape index (κ3) is 2.76. The highest BCUT2D eigenvalue weighted by Crippen LogP contribution is 2.31. The molecule has 0 saturated carbocycles. The van der Waals surface area contributed by atoms with Crippen LogP contribution in [0.15, 0.2) is 29.3 Å². The molecule has 3 nitrogen and oxygen atoms in total. The molecular formula is C12H13Cl2N3S. The molecule has 2 N–H and O–H groups in total. The van der Waals surface area contributed by atoms with Crippen molar-refractivity contribution in [1.29, 1.82) is 0 Å². The fourth-order valence-corrected chi connectivity index (χ4v) is 2.63. The van der Waals surface area contributed by atoms with E-state index in [2.05, 4.69) is 18.9 Å². The maximum Gasteiger partial charge on any atom is 0.140 e. The topological polar surface area (TPSA) is 43.8 Å². The lowest BCUT2D eigenvalue weighted by atomic mass is 10.3. The Morgan fingerprint density at radius 1 is 1.28 bits per heavy atom. The largest absolute Gasteiger partial charge is 0.383 e. The first-order chi connectivity index (χ1) is 8.49. The zero-order valence-electron chi connectivity index (χ0n) is 10.0. The van der Waals surface area contributed by atoms with Crippen molar-refractivity contribution in [1.82, 2.24) is 9.78 Å². The number of hydrogen-bond donors (Lipinski definition) is 1. The number of nitrogens with zero attached hydrogens (tertiary/aromatic N) is 2. The van der Waals surface area contributed by atoms with Gasteiger partial charge in [-0.15, -0.1) is 11.8 Å². The van der Waals surface area contributed by atoms with Crippen molar-refractivity contribution >= 4 is 40.8 Å². The summed E-state index contributed by atoms with van der Waals surface area (Å²) in [7, 11) is 0. The minimum absolute atomic E-state index is 0.457. The van der Waals surface area contributed by atoms with Gasteiger partial charge in [-0.1, -0.05) is 37.0 Å². The van der Waals surface area contributed by atoms with Crippen LogP contribution in [-0.4, -0.2) is 15.0 Å². The molecule has 0 saturated heterocycles. The van der Waals surface area contributed by atoms with Gasteiger partial charge in [-0.2, -0.15) is 5.10 Å². The van der Waals surface area contributed by atoms with Crippen LogP contribution in [0, 0.1) is 0 Å².